The fraction of sp³-hybridized carbons (Fsp3) is 0.208. The number of ether oxygens (including phenoxy) is 1. The minimum absolute atomic E-state index is 0.0394. The van der Waals surface area contributed by atoms with Crippen LogP contribution in [0.4, 0.5) is 0 Å². The Bertz CT molecular complexity index is 1300. The van der Waals surface area contributed by atoms with Crippen molar-refractivity contribution in [3.05, 3.63) is 72.7 Å². The van der Waals surface area contributed by atoms with E-state index in [4.69, 9.17) is 4.74 Å². The van der Waals surface area contributed by atoms with Crippen LogP contribution in [0.2, 0.25) is 0 Å². The van der Waals surface area contributed by atoms with Crippen molar-refractivity contribution in [1.29, 1.82) is 0 Å². The number of carbonyl (C=O) groups is 1. The van der Waals surface area contributed by atoms with Gasteiger partial charge in [0, 0.05) is 54.4 Å². The molecule has 1 fully saturated rings. The third-order valence-electron chi connectivity index (χ3n) is 5.58. The molecular formula is C24H22N4O3S. The van der Waals surface area contributed by atoms with Gasteiger partial charge in [0.05, 0.1) is 34.4 Å². The molecule has 0 radical (unpaired) electrons. The van der Waals surface area contributed by atoms with E-state index in [0.29, 0.717) is 42.7 Å². The Labute approximate surface area is 188 Å². The van der Waals surface area contributed by atoms with Crippen molar-refractivity contribution < 1.29 is 13.7 Å². The van der Waals surface area contributed by atoms with Crippen molar-refractivity contribution in [2.45, 2.75) is 4.90 Å². The summed E-state index contributed by atoms with van der Waals surface area (Å²) in [5, 5.41) is 0.820. The lowest BCUT2D eigenvalue weighted by molar-refractivity contribution is 0.0303. The highest BCUT2D eigenvalue weighted by Gasteiger charge is 2.21. The number of amides is 1. The van der Waals surface area contributed by atoms with Gasteiger partial charge >= 0.3 is 0 Å². The zero-order valence-corrected chi connectivity index (χ0v) is 18.4. The Morgan fingerprint density at radius 2 is 1.72 bits per heavy atom. The molecule has 1 aliphatic rings. The topological polar surface area (TPSA) is 77.3 Å². The average Bonchev–Trinajstić information content (AvgIpc) is 3.24. The highest BCUT2D eigenvalue weighted by molar-refractivity contribution is 7.84. The molecule has 2 aromatic carbocycles. The molecule has 0 spiro atoms. The van der Waals surface area contributed by atoms with E-state index in [1.165, 1.54) is 0 Å². The first kappa shape index (κ1) is 20.5. The number of rotatable bonds is 4. The van der Waals surface area contributed by atoms with E-state index in [1.807, 2.05) is 42.5 Å². The molecule has 5 rings (SSSR count). The number of fused-ring (bicyclic) bond motifs is 1. The molecule has 3 heterocycles. The summed E-state index contributed by atoms with van der Waals surface area (Å²) in [6.45, 7) is 2.24. The number of aromatic nitrogens is 3. The average molecular weight is 447 g/mol. The maximum Gasteiger partial charge on any atom is 0.254 e. The van der Waals surface area contributed by atoms with Gasteiger partial charge < -0.3 is 9.64 Å². The number of morpholine rings is 1. The molecule has 0 bridgehead atoms. The molecule has 162 valence electrons. The van der Waals surface area contributed by atoms with Crippen molar-refractivity contribution in [3.63, 3.8) is 0 Å². The molecule has 1 unspecified atom stereocenters. The zero-order chi connectivity index (χ0) is 22.1. The highest BCUT2D eigenvalue weighted by Crippen LogP contribution is 2.28. The summed E-state index contributed by atoms with van der Waals surface area (Å²) < 4.78 is 19.5. The molecule has 7 nitrogen and oxygen atoms in total. The fourth-order valence-corrected chi connectivity index (χ4v) is 4.63. The molecule has 8 heteroatoms. The molecule has 0 saturated carbocycles. The van der Waals surface area contributed by atoms with Crippen LogP contribution in [0.3, 0.4) is 0 Å². The van der Waals surface area contributed by atoms with Crippen LogP contribution in [0.5, 0.6) is 0 Å². The molecule has 2 aromatic heterocycles. The van der Waals surface area contributed by atoms with Crippen LogP contribution < -0.4 is 0 Å². The van der Waals surface area contributed by atoms with Gasteiger partial charge in [0.25, 0.3) is 5.91 Å². The molecule has 0 N–H and O–H groups in total. The van der Waals surface area contributed by atoms with Crippen LogP contribution in [0.15, 0.2) is 72.0 Å². The predicted octanol–water partition coefficient (Wildman–Crippen LogP) is 3.30. The van der Waals surface area contributed by atoms with Gasteiger partial charge in [-0.3, -0.25) is 13.6 Å². The number of benzene rings is 2. The summed E-state index contributed by atoms with van der Waals surface area (Å²) >= 11 is 0. The Morgan fingerprint density at radius 3 is 2.41 bits per heavy atom. The Balaban J connectivity index is 1.57. The van der Waals surface area contributed by atoms with Gasteiger partial charge in [-0.25, -0.2) is 9.97 Å². The van der Waals surface area contributed by atoms with E-state index >= 15 is 0 Å². The van der Waals surface area contributed by atoms with Crippen LogP contribution >= 0.6 is 0 Å². The first-order valence-corrected chi connectivity index (χ1v) is 11.9. The molecule has 1 aliphatic heterocycles. The predicted molar refractivity (Wildman–Crippen MR) is 123 cm³/mol. The van der Waals surface area contributed by atoms with Crippen molar-refractivity contribution in [3.8, 4) is 17.1 Å². The largest absolute Gasteiger partial charge is 0.378 e. The molecule has 1 saturated heterocycles. The van der Waals surface area contributed by atoms with Crippen LogP contribution in [0.25, 0.3) is 28.0 Å². The van der Waals surface area contributed by atoms with E-state index in [9.17, 15) is 9.00 Å². The van der Waals surface area contributed by atoms with Crippen LogP contribution in [0, 0.1) is 0 Å². The molecular weight excluding hydrogens is 424 g/mol. The lowest BCUT2D eigenvalue weighted by Crippen LogP contribution is -2.40. The normalized spacial score (nSPS) is 15.1. The minimum atomic E-state index is -1.20. The van der Waals surface area contributed by atoms with Gasteiger partial charge in [0.1, 0.15) is 0 Å². The molecule has 0 aliphatic carbocycles. The zero-order valence-electron chi connectivity index (χ0n) is 17.6. The summed E-state index contributed by atoms with van der Waals surface area (Å²) in [5.41, 5.74) is 3.27. The molecule has 32 heavy (non-hydrogen) atoms. The number of carbonyl (C=O) groups excluding carboxylic acids is 1. The van der Waals surface area contributed by atoms with Crippen molar-refractivity contribution in [2.75, 3.05) is 32.6 Å². The molecule has 1 amide bonds. The lowest BCUT2D eigenvalue weighted by Gasteiger charge is -2.26. The van der Waals surface area contributed by atoms with Gasteiger partial charge in [-0.2, -0.15) is 0 Å². The van der Waals surface area contributed by atoms with E-state index in [-0.39, 0.29) is 5.91 Å². The molecule has 4 aromatic rings. The number of hydrogen-bond donors (Lipinski definition) is 0. The van der Waals surface area contributed by atoms with E-state index in [0.717, 1.165) is 22.0 Å². The van der Waals surface area contributed by atoms with E-state index < -0.39 is 10.8 Å². The van der Waals surface area contributed by atoms with Gasteiger partial charge in [0.15, 0.2) is 0 Å². The Morgan fingerprint density at radius 1 is 1.00 bits per heavy atom. The minimum Gasteiger partial charge on any atom is -0.378 e. The monoisotopic (exact) mass is 446 g/mol. The van der Waals surface area contributed by atoms with Crippen LogP contribution in [-0.2, 0) is 15.5 Å². The maximum absolute atomic E-state index is 13.0. The smallest absolute Gasteiger partial charge is 0.254 e. The third-order valence-corrected chi connectivity index (χ3v) is 6.53. The summed E-state index contributed by atoms with van der Waals surface area (Å²) in [6, 6.07) is 15.4. The maximum atomic E-state index is 13.0. The summed E-state index contributed by atoms with van der Waals surface area (Å²) in [7, 11) is -1.20. The number of nitrogens with zero attached hydrogens (tertiary/aromatic N) is 4. The van der Waals surface area contributed by atoms with Gasteiger partial charge in [0.2, 0.25) is 5.95 Å². The second kappa shape index (κ2) is 8.64. The fourth-order valence-electron chi connectivity index (χ4n) is 3.90. The highest BCUT2D eigenvalue weighted by atomic mass is 32.2. The van der Waals surface area contributed by atoms with Crippen molar-refractivity contribution in [1.82, 2.24) is 19.4 Å². The first-order chi connectivity index (χ1) is 15.6. The second-order valence-electron chi connectivity index (χ2n) is 7.59. The van der Waals surface area contributed by atoms with Gasteiger partial charge in [-0.05, 0) is 17.7 Å². The second-order valence-corrected chi connectivity index (χ2v) is 8.94. The van der Waals surface area contributed by atoms with Crippen LogP contribution in [0.1, 0.15) is 10.4 Å². The summed E-state index contributed by atoms with van der Waals surface area (Å²) in [5.74, 6) is 0.421. The van der Waals surface area contributed by atoms with Crippen molar-refractivity contribution in [2.24, 2.45) is 0 Å². The Kier molecular flexibility index (Phi) is 5.55. The van der Waals surface area contributed by atoms with Gasteiger partial charge in [-0.15, -0.1) is 0 Å². The molecule has 1 atom stereocenters. The first-order valence-electron chi connectivity index (χ1n) is 10.4. The summed E-state index contributed by atoms with van der Waals surface area (Å²) in [4.78, 5) is 24.6. The van der Waals surface area contributed by atoms with E-state index in [2.05, 4.69) is 9.97 Å². The lowest BCUT2D eigenvalue weighted by atomic mass is 10.1. The summed E-state index contributed by atoms with van der Waals surface area (Å²) in [6.07, 6.45) is 6.98. The number of hydrogen-bond acceptors (Lipinski definition) is 5. The third kappa shape index (κ3) is 3.83. The van der Waals surface area contributed by atoms with E-state index in [1.54, 1.807) is 40.4 Å². The van der Waals surface area contributed by atoms with Gasteiger partial charge in [-0.1, -0.05) is 36.4 Å². The SMILES string of the molecule is CS(=O)c1cn(-c2ncc(-c3ccccc3)cn2)c2cc(C(=O)N3CCOCC3)ccc12. The quantitative estimate of drug-likeness (QED) is 0.481. The van der Waals surface area contributed by atoms with Crippen molar-refractivity contribution >= 4 is 27.6 Å². The standard InChI is InChI=1S/C24H22N4O3S/c1-32(30)22-16-28(24-25-14-19(15-26-24)17-5-3-2-4-6-17)21-13-18(7-8-20(21)22)23(29)27-9-11-31-12-10-27/h2-8,13-16H,9-12H2,1H3. The Hall–Kier alpha value is -3.36. The van der Waals surface area contributed by atoms with Crippen LogP contribution in [-0.4, -0.2) is 62.1 Å².